The molecule has 3 aromatic rings. The fourth-order valence-corrected chi connectivity index (χ4v) is 16.6. The Morgan fingerprint density at radius 2 is 1.21 bits per heavy atom. The van der Waals surface area contributed by atoms with E-state index in [4.69, 9.17) is 8.85 Å². The molecule has 0 radical (unpaired) electrons. The van der Waals surface area contributed by atoms with E-state index in [0.29, 0.717) is 16.6 Å². The van der Waals surface area contributed by atoms with Gasteiger partial charge in [0.25, 0.3) is 8.32 Å². The van der Waals surface area contributed by atoms with Crippen molar-refractivity contribution in [2.45, 2.75) is 89.0 Å². The fraction of sp³-hybridized carbons (Fsp3) is 0.406. The second-order valence-electron chi connectivity index (χ2n) is 11.9. The molecule has 0 aliphatic heterocycles. The third-order valence-corrected chi connectivity index (χ3v) is 19.4. The van der Waals surface area contributed by atoms with Gasteiger partial charge in [-0.2, -0.15) is 0 Å². The molecule has 1 heterocycles. The first-order chi connectivity index (χ1) is 17.9. The number of benzene rings is 2. The van der Waals surface area contributed by atoms with Gasteiger partial charge < -0.3 is 8.85 Å². The average Bonchev–Trinajstić information content (AvgIpc) is 2.87. The molecule has 0 aliphatic carbocycles. The van der Waals surface area contributed by atoms with Gasteiger partial charge in [0.05, 0.1) is 0 Å². The lowest BCUT2D eigenvalue weighted by Gasteiger charge is -2.44. The van der Waals surface area contributed by atoms with Gasteiger partial charge in [-0.1, -0.05) is 129 Å². The first-order valence-electron chi connectivity index (χ1n) is 13.7. The smallest absolute Gasteiger partial charge is 0.319 e. The molecule has 0 spiro atoms. The zero-order chi connectivity index (χ0) is 28.0. The number of aromatic nitrogens is 1. The maximum Gasteiger partial charge on any atom is 0.319 e. The summed E-state index contributed by atoms with van der Waals surface area (Å²) in [6.07, 6.45) is 3.77. The summed E-state index contributed by atoms with van der Waals surface area (Å²) < 4.78 is 14.4. The van der Waals surface area contributed by atoms with Crippen molar-refractivity contribution in [2.75, 3.05) is 0 Å². The number of hydrogen-bond acceptors (Lipinski definition) is 4. The molecule has 3 nitrogen and oxygen atoms in total. The van der Waals surface area contributed by atoms with Crippen LogP contribution in [0.25, 0.3) is 0 Å². The van der Waals surface area contributed by atoms with Crippen molar-refractivity contribution in [3.8, 4) is 0 Å². The van der Waals surface area contributed by atoms with Gasteiger partial charge in [-0.25, -0.2) is 4.98 Å². The lowest BCUT2D eigenvalue weighted by Crippen LogP contribution is -2.65. The number of rotatable bonds is 11. The molecule has 0 aliphatic rings. The van der Waals surface area contributed by atoms with Crippen LogP contribution in [0.2, 0.25) is 21.7 Å². The molecule has 0 atom stereocenters. The molecular formula is C32H45NO2SSi2. The monoisotopic (exact) mass is 563 g/mol. The van der Waals surface area contributed by atoms with E-state index in [1.54, 1.807) is 11.8 Å². The van der Waals surface area contributed by atoms with Crippen molar-refractivity contribution in [3.05, 3.63) is 96.4 Å². The Bertz CT molecular complexity index is 1100. The molecule has 0 fully saturated rings. The highest BCUT2D eigenvalue weighted by Gasteiger charge is 2.52. The van der Waals surface area contributed by atoms with Crippen molar-refractivity contribution in [1.82, 2.24) is 4.98 Å². The standard InChI is InChI=1S/C32H45NO2SSi2/c1-25(2)37(26(3)4,27(5)6)35-31(36-30-22-16-17-23-33-30)24-34-38(32(7,8)9,28-18-12-10-13-19-28)29-20-14-11-15-21-29/h10-27H,1-9H3/b31-24-. The van der Waals surface area contributed by atoms with Gasteiger partial charge in [0.2, 0.25) is 0 Å². The van der Waals surface area contributed by atoms with Crippen molar-refractivity contribution in [2.24, 2.45) is 0 Å². The molecule has 1 aromatic heterocycles. The zero-order valence-electron chi connectivity index (χ0n) is 24.6. The molecule has 0 saturated heterocycles. The van der Waals surface area contributed by atoms with Gasteiger partial charge in [-0.15, -0.1) is 0 Å². The van der Waals surface area contributed by atoms with E-state index in [9.17, 15) is 0 Å². The summed E-state index contributed by atoms with van der Waals surface area (Å²) in [4.78, 5) is 4.61. The zero-order valence-corrected chi connectivity index (χ0v) is 27.4. The summed E-state index contributed by atoms with van der Waals surface area (Å²) >= 11 is 1.57. The van der Waals surface area contributed by atoms with E-state index in [1.807, 2.05) is 30.7 Å². The number of thioether (sulfide) groups is 1. The van der Waals surface area contributed by atoms with E-state index >= 15 is 0 Å². The third kappa shape index (κ3) is 6.29. The van der Waals surface area contributed by atoms with Gasteiger partial charge >= 0.3 is 8.32 Å². The number of hydrogen-bond donors (Lipinski definition) is 0. The van der Waals surface area contributed by atoms with Crippen molar-refractivity contribution < 1.29 is 8.85 Å². The molecule has 3 rings (SSSR count). The van der Waals surface area contributed by atoms with Gasteiger partial charge in [0.15, 0.2) is 5.09 Å². The fourth-order valence-electron chi connectivity index (χ4n) is 5.94. The highest BCUT2D eigenvalue weighted by molar-refractivity contribution is 8.02. The van der Waals surface area contributed by atoms with E-state index in [1.165, 1.54) is 10.4 Å². The van der Waals surface area contributed by atoms with Crippen LogP contribution < -0.4 is 10.4 Å². The third-order valence-electron chi connectivity index (χ3n) is 7.58. The van der Waals surface area contributed by atoms with Crippen LogP contribution in [0.3, 0.4) is 0 Å². The van der Waals surface area contributed by atoms with E-state index in [-0.39, 0.29) is 5.04 Å². The summed E-state index contributed by atoms with van der Waals surface area (Å²) in [5.41, 5.74) is 1.34. The summed E-state index contributed by atoms with van der Waals surface area (Å²) in [5, 5.41) is 4.08. The molecule has 204 valence electrons. The van der Waals surface area contributed by atoms with Crippen LogP contribution in [0.1, 0.15) is 62.3 Å². The molecule has 2 aromatic carbocycles. The van der Waals surface area contributed by atoms with Crippen LogP contribution in [-0.4, -0.2) is 21.6 Å². The predicted octanol–water partition coefficient (Wildman–Crippen LogP) is 8.74. The van der Waals surface area contributed by atoms with Gasteiger partial charge in [-0.3, -0.25) is 0 Å². The molecule has 0 saturated carbocycles. The van der Waals surface area contributed by atoms with Crippen molar-refractivity contribution >= 4 is 38.8 Å². The normalized spacial score (nSPS) is 13.3. The van der Waals surface area contributed by atoms with Crippen LogP contribution in [-0.2, 0) is 8.85 Å². The minimum Gasteiger partial charge on any atom is -0.536 e. The molecular weight excluding hydrogens is 519 g/mol. The second-order valence-corrected chi connectivity index (χ2v) is 22.6. The Kier molecular flexibility index (Phi) is 10.1. The van der Waals surface area contributed by atoms with Crippen LogP contribution in [0, 0.1) is 0 Å². The quantitative estimate of drug-likeness (QED) is 0.133. The minimum atomic E-state index is -2.76. The number of pyridine rings is 1. The summed E-state index contributed by atoms with van der Waals surface area (Å²) in [7, 11) is -4.99. The van der Waals surface area contributed by atoms with Crippen molar-refractivity contribution in [1.29, 1.82) is 0 Å². The topological polar surface area (TPSA) is 31.4 Å². The highest BCUT2D eigenvalue weighted by atomic mass is 32.2. The first-order valence-corrected chi connectivity index (χ1v) is 18.6. The summed E-state index contributed by atoms with van der Waals surface area (Å²) in [6.45, 7) is 20.8. The number of nitrogens with zero attached hydrogens (tertiary/aromatic N) is 1. The maximum absolute atomic E-state index is 7.23. The Balaban J connectivity index is 2.21. The van der Waals surface area contributed by atoms with Crippen LogP contribution in [0.15, 0.2) is 101 Å². The van der Waals surface area contributed by atoms with Crippen LogP contribution in [0.5, 0.6) is 0 Å². The van der Waals surface area contributed by atoms with Crippen LogP contribution >= 0.6 is 11.8 Å². The van der Waals surface area contributed by atoms with Crippen molar-refractivity contribution in [3.63, 3.8) is 0 Å². The minimum absolute atomic E-state index is 0.129. The second kappa shape index (κ2) is 12.7. The largest absolute Gasteiger partial charge is 0.536 e. The molecule has 0 unspecified atom stereocenters. The first kappa shape index (κ1) is 30.3. The summed E-state index contributed by atoms with van der Waals surface area (Å²) in [6, 6.07) is 27.5. The lowest BCUT2D eigenvalue weighted by atomic mass is 10.2. The van der Waals surface area contributed by atoms with E-state index < -0.39 is 16.6 Å². The Hall–Kier alpha value is -2.29. The molecule has 0 amide bonds. The molecule has 0 N–H and O–H groups in total. The maximum atomic E-state index is 7.23. The van der Waals surface area contributed by atoms with Gasteiger partial charge in [-0.05, 0) is 55.9 Å². The molecule has 0 bridgehead atoms. The van der Waals surface area contributed by atoms with Gasteiger partial charge in [0.1, 0.15) is 11.3 Å². The summed E-state index contributed by atoms with van der Waals surface area (Å²) in [5.74, 6) is 0. The molecule has 6 heteroatoms. The Morgan fingerprint density at radius 1 is 0.737 bits per heavy atom. The lowest BCUT2D eigenvalue weighted by molar-refractivity contribution is 0.367. The van der Waals surface area contributed by atoms with E-state index in [2.05, 4.69) is 128 Å². The Morgan fingerprint density at radius 3 is 1.61 bits per heavy atom. The molecule has 38 heavy (non-hydrogen) atoms. The SMILES string of the molecule is CC(C)[Si](O/C(=C/O[Si](c1ccccc1)(c1ccccc1)C(C)(C)C)Sc1ccccn1)(C(C)C)C(C)C. The average molecular weight is 564 g/mol. The highest BCUT2D eigenvalue weighted by Crippen LogP contribution is 2.46. The van der Waals surface area contributed by atoms with Crippen LogP contribution in [0.4, 0.5) is 0 Å². The van der Waals surface area contributed by atoms with Gasteiger partial charge in [0, 0.05) is 6.20 Å². The predicted molar refractivity (Wildman–Crippen MR) is 169 cm³/mol. The Labute approximate surface area is 237 Å². The van der Waals surface area contributed by atoms with E-state index in [0.717, 1.165) is 10.1 Å².